The first-order valence-electron chi connectivity index (χ1n) is 5.03. The second-order valence-electron chi connectivity index (χ2n) is 3.48. The van der Waals surface area contributed by atoms with E-state index in [2.05, 4.69) is 5.32 Å². The fourth-order valence-corrected chi connectivity index (χ4v) is 1.95. The molecule has 0 amide bonds. The highest BCUT2D eigenvalue weighted by molar-refractivity contribution is 7.89. The lowest BCUT2D eigenvalue weighted by molar-refractivity contribution is 0.395. The molecule has 0 fully saturated rings. The lowest BCUT2D eigenvalue weighted by Crippen LogP contribution is -2.22. The number of nitrogens with one attached hydrogen (secondary N) is 1. The van der Waals surface area contributed by atoms with E-state index in [4.69, 9.17) is 26.2 Å². The van der Waals surface area contributed by atoms with Gasteiger partial charge < -0.3 is 14.8 Å². The molecule has 0 atom stereocenters. The monoisotopic (exact) mass is 294 g/mol. The van der Waals surface area contributed by atoms with Crippen LogP contribution in [-0.2, 0) is 10.0 Å². The number of halogens is 1. The first kappa shape index (κ1) is 14.9. The third kappa shape index (κ3) is 4.25. The molecule has 0 aromatic heterocycles. The molecule has 18 heavy (non-hydrogen) atoms. The van der Waals surface area contributed by atoms with Crippen LogP contribution in [0.5, 0.6) is 11.5 Å². The van der Waals surface area contributed by atoms with E-state index in [-0.39, 0.29) is 12.3 Å². The van der Waals surface area contributed by atoms with Gasteiger partial charge >= 0.3 is 0 Å². The fraction of sp³-hybridized carbons (Fsp3) is 0.400. The summed E-state index contributed by atoms with van der Waals surface area (Å²) >= 11 is 5.96. The van der Waals surface area contributed by atoms with E-state index >= 15 is 0 Å². The average molecular weight is 295 g/mol. The number of sulfonamides is 1. The smallest absolute Gasteiger partial charge is 0.210 e. The van der Waals surface area contributed by atoms with Crippen molar-refractivity contribution in [2.75, 3.05) is 31.8 Å². The minimum Gasteiger partial charge on any atom is -0.495 e. The highest BCUT2D eigenvalue weighted by Crippen LogP contribution is 2.35. The van der Waals surface area contributed by atoms with Crippen molar-refractivity contribution in [1.82, 2.24) is 0 Å². The van der Waals surface area contributed by atoms with Crippen molar-refractivity contribution in [2.24, 2.45) is 5.14 Å². The van der Waals surface area contributed by atoms with E-state index in [0.717, 1.165) is 0 Å². The van der Waals surface area contributed by atoms with Crippen LogP contribution in [0.1, 0.15) is 0 Å². The van der Waals surface area contributed by atoms with Gasteiger partial charge in [-0.25, -0.2) is 13.6 Å². The standard InChI is InChI=1S/C10H15ClN2O4S/c1-16-9-6-10(17-2)8(5-7(9)11)13-3-4-18(12,14)15/h5-6,13H,3-4H2,1-2H3,(H2,12,14,15). The van der Waals surface area contributed by atoms with Gasteiger partial charge in [-0.3, -0.25) is 0 Å². The maximum Gasteiger partial charge on any atom is 0.210 e. The summed E-state index contributed by atoms with van der Waals surface area (Å²) in [4.78, 5) is 0. The van der Waals surface area contributed by atoms with E-state index < -0.39 is 10.0 Å². The number of benzene rings is 1. The zero-order valence-corrected chi connectivity index (χ0v) is 11.6. The van der Waals surface area contributed by atoms with E-state index in [9.17, 15) is 8.42 Å². The van der Waals surface area contributed by atoms with E-state index in [0.29, 0.717) is 22.2 Å². The SMILES string of the molecule is COc1cc(OC)c(NCCS(N)(=O)=O)cc1Cl. The summed E-state index contributed by atoms with van der Waals surface area (Å²) in [6.07, 6.45) is 0. The maximum atomic E-state index is 10.8. The van der Waals surface area contributed by atoms with Gasteiger partial charge in [-0.15, -0.1) is 0 Å². The molecule has 0 saturated carbocycles. The van der Waals surface area contributed by atoms with Gasteiger partial charge in [0.05, 0.1) is 30.7 Å². The fourth-order valence-electron chi connectivity index (χ4n) is 1.33. The van der Waals surface area contributed by atoms with Crippen molar-refractivity contribution in [1.29, 1.82) is 0 Å². The molecule has 3 N–H and O–H groups in total. The Bertz CT molecular complexity index is 519. The van der Waals surface area contributed by atoms with E-state index in [1.165, 1.54) is 14.2 Å². The molecule has 0 saturated heterocycles. The van der Waals surface area contributed by atoms with Crippen molar-refractivity contribution in [3.05, 3.63) is 17.2 Å². The van der Waals surface area contributed by atoms with Gasteiger partial charge in [0.1, 0.15) is 11.5 Å². The minimum absolute atomic E-state index is 0.165. The topological polar surface area (TPSA) is 90.7 Å². The molecule has 1 rings (SSSR count). The Labute approximate surface area is 111 Å². The Morgan fingerprint density at radius 2 is 1.89 bits per heavy atom. The van der Waals surface area contributed by atoms with Crippen LogP contribution in [0, 0.1) is 0 Å². The lowest BCUT2D eigenvalue weighted by Gasteiger charge is -2.13. The Hall–Kier alpha value is -1.18. The lowest BCUT2D eigenvalue weighted by atomic mass is 10.2. The predicted molar refractivity (Wildman–Crippen MR) is 71.0 cm³/mol. The molecule has 8 heteroatoms. The largest absolute Gasteiger partial charge is 0.495 e. The molecule has 1 aromatic carbocycles. The van der Waals surface area contributed by atoms with Gasteiger partial charge in [0, 0.05) is 12.6 Å². The van der Waals surface area contributed by atoms with Crippen LogP contribution < -0.4 is 19.9 Å². The number of hydrogen-bond acceptors (Lipinski definition) is 5. The molecule has 0 spiro atoms. The van der Waals surface area contributed by atoms with E-state index in [1.54, 1.807) is 12.1 Å². The molecule has 0 heterocycles. The van der Waals surface area contributed by atoms with Crippen LogP contribution in [0.4, 0.5) is 5.69 Å². The number of nitrogens with two attached hydrogens (primary N) is 1. The molecule has 0 radical (unpaired) electrons. The molecule has 0 unspecified atom stereocenters. The number of primary sulfonamides is 1. The molecular formula is C10H15ClN2O4S. The minimum atomic E-state index is -3.50. The van der Waals surface area contributed by atoms with Crippen LogP contribution in [0.15, 0.2) is 12.1 Å². The molecule has 0 aliphatic carbocycles. The molecular weight excluding hydrogens is 280 g/mol. The van der Waals surface area contributed by atoms with Crippen LogP contribution in [0.3, 0.4) is 0 Å². The van der Waals surface area contributed by atoms with Gasteiger partial charge in [0.15, 0.2) is 0 Å². The normalized spacial score (nSPS) is 11.1. The summed E-state index contributed by atoms with van der Waals surface area (Å²) in [6.45, 7) is 0.165. The number of methoxy groups -OCH3 is 2. The molecule has 0 bridgehead atoms. The Morgan fingerprint density at radius 3 is 2.39 bits per heavy atom. The second-order valence-corrected chi connectivity index (χ2v) is 5.62. The Kier molecular flexibility index (Phi) is 5.06. The number of hydrogen-bond donors (Lipinski definition) is 2. The van der Waals surface area contributed by atoms with Gasteiger partial charge in [0.25, 0.3) is 0 Å². The maximum absolute atomic E-state index is 10.8. The summed E-state index contributed by atoms with van der Waals surface area (Å²) < 4.78 is 31.8. The third-order valence-corrected chi connectivity index (χ3v) is 3.24. The quantitative estimate of drug-likeness (QED) is 0.818. The zero-order chi connectivity index (χ0) is 13.8. The first-order chi connectivity index (χ1) is 8.37. The Balaban J connectivity index is 2.85. The number of rotatable bonds is 6. The van der Waals surface area contributed by atoms with Crippen molar-refractivity contribution in [3.8, 4) is 11.5 Å². The van der Waals surface area contributed by atoms with Gasteiger partial charge in [0.2, 0.25) is 10.0 Å². The van der Waals surface area contributed by atoms with E-state index in [1.807, 2.05) is 0 Å². The van der Waals surface area contributed by atoms with Crippen LogP contribution in [-0.4, -0.2) is 34.9 Å². The molecule has 1 aromatic rings. The molecule has 6 nitrogen and oxygen atoms in total. The van der Waals surface area contributed by atoms with Crippen LogP contribution in [0.2, 0.25) is 5.02 Å². The Morgan fingerprint density at radius 1 is 1.28 bits per heavy atom. The predicted octanol–water partition coefficient (Wildman–Crippen LogP) is 1.06. The van der Waals surface area contributed by atoms with Gasteiger partial charge in [-0.05, 0) is 6.07 Å². The van der Waals surface area contributed by atoms with Crippen molar-refractivity contribution < 1.29 is 17.9 Å². The third-order valence-electron chi connectivity index (χ3n) is 2.18. The molecule has 0 aliphatic rings. The van der Waals surface area contributed by atoms with Gasteiger partial charge in [-0.2, -0.15) is 0 Å². The summed E-state index contributed by atoms with van der Waals surface area (Å²) in [5.41, 5.74) is 0.576. The summed E-state index contributed by atoms with van der Waals surface area (Å²) in [7, 11) is -0.509. The molecule has 0 aliphatic heterocycles. The number of anilines is 1. The highest BCUT2D eigenvalue weighted by atomic mass is 35.5. The summed E-state index contributed by atoms with van der Waals surface area (Å²) in [5.74, 6) is 0.802. The van der Waals surface area contributed by atoms with Crippen LogP contribution in [0.25, 0.3) is 0 Å². The van der Waals surface area contributed by atoms with Crippen molar-refractivity contribution in [2.45, 2.75) is 0 Å². The summed E-state index contributed by atoms with van der Waals surface area (Å²) in [5, 5.41) is 8.19. The zero-order valence-electron chi connectivity index (χ0n) is 10.1. The molecule has 102 valence electrons. The summed E-state index contributed by atoms with van der Waals surface area (Å²) in [6, 6.07) is 3.21. The van der Waals surface area contributed by atoms with Crippen molar-refractivity contribution in [3.63, 3.8) is 0 Å². The van der Waals surface area contributed by atoms with Gasteiger partial charge in [-0.1, -0.05) is 11.6 Å². The first-order valence-corrected chi connectivity index (χ1v) is 7.12. The van der Waals surface area contributed by atoms with Crippen LogP contribution >= 0.6 is 11.6 Å². The van der Waals surface area contributed by atoms with Crippen molar-refractivity contribution >= 4 is 27.3 Å². The highest BCUT2D eigenvalue weighted by Gasteiger charge is 2.10. The average Bonchev–Trinajstić information content (AvgIpc) is 2.27. The number of ether oxygens (including phenoxy) is 2. The second kappa shape index (κ2) is 6.12.